The molecular formula is C12H15F2N3O2. The summed E-state index contributed by atoms with van der Waals surface area (Å²) in [7, 11) is 0. The molecule has 0 radical (unpaired) electrons. The average Bonchev–Trinajstić information content (AvgIpc) is 2.32. The second-order valence-corrected chi connectivity index (χ2v) is 4.06. The van der Waals surface area contributed by atoms with Gasteiger partial charge in [-0.25, -0.2) is 8.78 Å². The van der Waals surface area contributed by atoms with Gasteiger partial charge in [-0.3, -0.25) is 9.59 Å². The Morgan fingerprint density at radius 3 is 2.47 bits per heavy atom. The second kappa shape index (κ2) is 6.24. The Balaban J connectivity index is 2.98. The summed E-state index contributed by atoms with van der Waals surface area (Å²) in [6.45, 7) is 1.84. The van der Waals surface area contributed by atoms with Gasteiger partial charge in [0.15, 0.2) is 0 Å². The number of primary amides is 1. The van der Waals surface area contributed by atoms with Gasteiger partial charge < -0.3 is 16.8 Å². The standard InChI is InChI=1S/C12H15F2N3O2/c1-2-3-9(15)12(19)17-10-4-6(11(16)18)7(13)5-8(10)14/h4-5,9H,2-3,15H2,1H3,(H2,16,18)(H,17,19)/t9-/m0/s1. The zero-order valence-corrected chi connectivity index (χ0v) is 10.4. The van der Waals surface area contributed by atoms with E-state index in [4.69, 9.17) is 11.5 Å². The van der Waals surface area contributed by atoms with E-state index in [0.717, 1.165) is 6.07 Å². The van der Waals surface area contributed by atoms with E-state index in [0.29, 0.717) is 18.9 Å². The summed E-state index contributed by atoms with van der Waals surface area (Å²) >= 11 is 0. The van der Waals surface area contributed by atoms with Crippen LogP contribution in [0.3, 0.4) is 0 Å². The van der Waals surface area contributed by atoms with Crippen molar-refractivity contribution in [2.45, 2.75) is 25.8 Å². The molecule has 0 bridgehead atoms. The number of rotatable bonds is 5. The van der Waals surface area contributed by atoms with Gasteiger partial charge in [-0.1, -0.05) is 13.3 Å². The van der Waals surface area contributed by atoms with Crippen molar-refractivity contribution >= 4 is 17.5 Å². The predicted octanol–water partition coefficient (Wildman–Crippen LogP) is 1.13. The molecule has 0 aromatic heterocycles. The van der Waals surface area contributed by atoms with Gasteiger partial charge >= 0.3 is 0 Å². The monoisotopic (exact) mass is 271 g/mol. The SMILES string of the molecule is CCC[C@H](N)C(=O)Nc1cc(C(N)=O)c(F)cc1F. The molecule has 5 nitrogen and oxygen atoms in total. The highest BCUT2D eigenvalue weighted by molar-refractivity contribution is 5.98. The highest BCUT2D eigenvalue weighted by Crippen LogP contribution is 2.19. The van der Waals surface area contributed by atoms with Crippen molar-refractivity contribution in [1.82, 2.24) is 0 Å². The molecule has 19 heavy (non-hydrogen) atoms. The number of anilines is 1. The predicted molar refractivity (Wildman–Crippen MR) is 66.4 cm³/mol. The highest BCUT2D eigenvalue weighted by atomic mass is 19.1. The van der Waals surface area contributed by atoms with Crippen molar-refractivity contribution in [2.24, 2.45) is 11.5 Å². The topological polar surface area (TPSA) is 98.2 Å². The largest absolute Gasteiger partial charge is 0.366 e. The molecule has 1 rings (SSSR count). The minimum Gasteiger partial charge on any atom is -0.366 e. The zero-order valence-electron chi connectivity index (χ0n) is 10.4. The van der Waals surface area contributed by atoms with Gasteiger partial charge in [-0.2, -0.15) is 0 Å². The molecule has 0 aliphatic carbocycles. The van der Waals surface area contributed by atoms with Crippen LogP contribution in [-0.2, 0) is 4.79 Å². The number of amides is 2. The average molecular weight is 271 g/mol. The first-order chi connectivity index (χ1) is 8.86. The molecule has 0 saturated carbocycles. The maximum absolute atomic E-state index is 13.5. The summed E-state index contributed by atoms with van der Waals surface area (Å²) in [5.41, 5.74) is 9.66. The minimum absolute atomic E-state index is 0.327. The van der Waals surface area contributed by atoms with E-state index in [2.05, 4.69) is 5.32 Å². The molecule has 7 heteroatoms. The third-order valence-electron chi connectivity index (χ3n) is 2.52. The van der Waals surface area contributed by atoms with Crippen LogP contribution in [0.2, 0.25) is 0 Å². The van der Waals surface area contributed by atoms with E-state index in [1.54, 1.807) is 0 Å². The second-order valence-electron chi connectivity index (χ2n) is 4.06. The molecule has 0 aliphatic rings. The lowest BCUT2D eigenvalue weighted by molar-refractivity contribution is -0.117. The van der Waals surface area contributed by atoms with Gasteiger partial charge in [0, 0.05) is 6.07 Å². The number of benzene rings is 1. The fourth-order valence-electron chi connectivity index (χ4n) is 1.50. The molecule has 1 atom stereocenters. The molecule has 0 spiro atoms. The number of nitrogens with one attached hydrogen (secondary N) is 1. The third kappa shape index (κ3) is 3.72. The molecule has 0 saturated heterocycles. The van der Waals surface area contributed by atoms with Gasteiger partial charge in [0.25, 0.3) is 5.91 Å². The lowest BCUT2D eigenvalue weighted by Gasteiger charge is -2.12. The van der Waals surface area contributed by atoms with Crippen LogP contribution in [0, 0.1) is 11.6 Å². The van der Waals surface area contributed by atoms with Crippen molar-refractivity contribution in [3.63, 3.8) is 0 Å². The molecule has 1 aromatic carbocycles. The quantitative estimate of drug-likeness (QED) is 0.748. The molecule has 0 heterocycles. The number of halogens is 2. The number of nitrogens with two attached hydrogens (primary N) is 2. The molecule has 5 N–H and O–H groups in total. The lowest BCUT2D eigenvalue weighted by Crippen LogP contribution is -2.35. The number of carbonyl (C=O) groups excluding carboxylic acids is 2. The minimum atomic E-state index is -1.08. The van der Waals surface area contributed by atoms with Crippen molar-refractivity contribution in [3.05, 3.63) is 29.3 Å². The maximum atomic E-state index is 13.5. The Bertz CT molecular complexity index is 506. The summed E-state index contributed by atoms with van der Waals surface area (Å²) in [5.74, 6) is -3.74. The molecule has 0 fully saturated rings. The van der Waals surface area contributed by atoms with Gasteiger partial charge in [-0.05, 0) is 12.5 Å². The van der Waals surface area contributed by atoms with Crippen LogP contribution in [0.5, 0.6) is 0 Å². The van der Waals surface area contributed by atoms with E-state index in [-0.39, 0.29) is 5.69 Å². The summed E-state index contributed by atoms with van der Waals surface area (Å²) in [5, 5.41) is 2.20. The van der Waals surface area contributed by atoms with Gasteiger partial charge in [0.05, 0.1) is 17.3 Å². The fraction of sp³-hybridized carbons (Fsp3) is 0.333. The highest BCUT2D eigenvalue weighted by Gasteiger charge is 2.18. The Labute approximate surface area is 109 Å². The van der Waals surface area contributed by atoms with Crippen LogP contribution in [0.1, 0.15) is 30.1 Å². The summed E-state index contributed by atoms with van der Waals surface area (Å²) in [6.07, 6.45) is 1.12. The zero-order chi connectivity index (χ0) is 14.6. The van der Waals surface area contributed by atoms with E-state index in [9.17, 15) is 18.4 Å². The van der Waals surface area contributed by atoms with Crippen LogP contribution >= 0.6 is 0 Å². The first kappa shape index (κ1) is 15.0. The molecule has 0 unspecified atom stereocenters. The first-order valence-electron chi connectivity index (χ1n) is 5.72. The molecular weight excluding hydrogens is 256 g/mol. The Kier molecular flexibility index (Phi) is 4.94. The smallest absolute Gasteiger partial charge is 0.251 e. The van der Waals surface area contributed by atoms with E-state index in [1.165, 1.54) is 0 Å². The first-order valence-corrected chi connectivity index (χ1v) is 5.72. The normalized spacial score (nSPS) is 12.0. The van der Waals surface area contributed by atoms with Gasteiger partial charge in [-0.15, -0.1) is 0 Å². The lowest BCUT2D eigenvalue weighted by atomic mass is 10.1. The van der Waals surface area contributed by atoms with Crippen molar-refractivity contribution in [1.29, 1.82) is 0 Å². The molecule has 2 amide bonds. The Morgan fingerprint density at radius 2 is 1.95 bits per heavy atom. The summed E-state index contributed by atoms with van der Waals surface area (Å²) in [6, 6.07) is 0.538. The van der Waals surface area contributed by atoms with Crippen LogP contribution in [0.4, 0.5) is 14.5 Å². The van der Waals surface area contributed by atoms with E-state index >= 15 is 0 Å². The van der Waals surface area contributed by atoms with E-state index in [1.807, 2.05) is 6.92 Å². The third-order valence-corrected chi connectivity index (χ3v) is 2.52. The van der Waals surface area contributed by atoms with E-state index < -0.39 is 35.1 Å². The summed E-state index contributed by atoms with van der Waals surface area (Å²) in [4.78, 5) is 22.5. The van der Waals surface area contributed by atoms with Crippen molar-refractivity contribution < 1.29 is 18.4 Å². The van der Waals surface area contributed by atoms with Crippen LogP contribution in [0.15, 0.2) is 12.1 Å². The number of carbonyl (C=O) groups is 2. The number of hydrogen-bond acceptors (Lipinski definition) is 3. The van der Waals surface area contributed by atoms with Crippen molar-refractivity contribution in [3.8, 4) is 0 Å². The Hall–Kier alpha value is -2.02. The summed E-state index contributed by atoms with van der Waals surface area (Å²) < 4.78 is 26.7. The van der Waals surface area contributed by atoms with Crippen LogP contribution in [0.25, 0.3) is 0 Å². The van der Waals surface area contributed by atoms with Gasteiger partial charge in [0.1, 0.15) is 11.6 Å². The van der Waals surface area contributed by atoms with Gasteiger partial charge in [0.2, 0.25) is 5.91 Å². The van der Waals surface area contributed by atoms with Crippen LogP contribution < -0.4 is 16.8 Å². The fourth-order valence-corrected chi connectivity index (χ4v) is 1.50. The van der Waals surface area contributed by atoms with Crippen molar-refractivity contribution in [2.75, 3.05) is 5.32 Å². The van der Waals surface area contributed by atoms with Crippen LogP contribution in [-0.4, -0.2) is 17.9 Å². The molecule has 104 valence electrons. The Morgan fingerprint density at radius 1 is 1.32 bits per heavy atom. The molecule has 0 aliphatic heterocycles. The molecule has 1 aromatic rings. The number of hydrogen-bond donors (Lipinski definition) is 3. The maximum Gasteiger partial charge on any atom is 0.251 e.